The molecule has 0 bridgehead atoms. The Hall–Kier alpha value is -3.56. The Labute approximate surface area is 187 Å². The molecule has 3 aromatic heterocycles. The maximum absolute atomic E-state index is 14.3. The number of fused-ring (bicyclic) bond motifs is 1. The summed E-state index contributed by atoms with van der Waals surface area (Å²) in [7, 11) is 3.75. The van der Waals surface area contributed by atoms with Crippen molar-refractivity contribution in [2.45, 2.75) is 6.42 Å². The maximum Gasteiger partial charge on any atom is 0.424 e. The van der Waals surface area contributed by atoms with Crippen LogP contribution in [0.15, 0.2) is 58.0 Å². The predicted molar refractivity (Wildman–Crippen MR) is 120 cm³/mol. The zero-order valence-electron chi connectivity index (χ0n) is 17.3. The number of nitrogens with zero attached hydrogens (tertiary/aromatic N) is 4. The standard InChI is InChI=1S/C22H19ClFN5O3/c1-28(2)8-6-21(30)27-20-10-14(5-7-25-20)29-18-11-17(26-12-19(18)32-22(29)31)15-9-13(23)3-4-16(15)24/h3-5,7,9-12H,6,8H2,1-2H3,(H,25,27,30). The summed E-state index contributed by atoms with van der Waals surface area (Å²) in [6.07, 6.45) is 3.13. The number of hydrogen-bond donors (Lipinski definition) is 1. The topological polar surface area (TPSA) is 93.3 Å². The second-order valence-electron chi connectivity index (χ2n) is 7.37. The number of rotatable bonds is 6. The Morgan fingerprint density at radius 1 is 1.22 bits per heavy atom. The number of amides is 1. The Kier molecular flexibility index (Phi) is 6.02. The van der Waals surface area contributed by atoms with Crippen molar-refractivity contribution >= 4 is 34.4 Å². The van der Waals surface area contributed by atoms with Gasteiger partial charge in [-0.05, 0) is 44.4 Å². The van der Waals surface area contributed by atoms with Crippen LogP contribution in [0.25, 0.3) is 28.0 Å². The van der Waals surface area contributed by atoms with Gasteiger partial charge in [0.2, 0.25) is 5.91 Å². The van der Waals surface area contributed by atoms with E-state index >= 15 is 0 Å². The molecule has 0 aliphatic heterocycles. The molecule has 8 nitrogen and oxygen atoms in total. The van der Waals surface area contributed by atoms with Gasteiger partial charge in [-0.2, -0.15) is 0 Å². The van der Waals surface area contributed by atoms with E-state index < -0.39 is 11.6 Å². The van der Waals surface area contributed by atoms with Crippen molar-refractivity contribution in [2.75, 3.05) is 26.0 Å². The number of halogens is 2. The predicted octanol–water partition coefficient (Wildman–Crippen LogP) is 3.72. The molecule has 1 N–H and O–H groups in total. The molecule has 0 spiro atoms. The first-order valence-corrected chi connectivity index (χ1v) is 10.1. The lowest BCUT2D eigenvalue weighted by Gasteiger charge is -2.10. The van der Waals surface area contributed by atoms with Crippen LogP contribution in [0, 0.1) is 5.82 Å². The van der Waals surface area contributed by atoms with E-state index in [1.54, 1.807) is 18.2 Å². The van der Waals surface area contributed by atoms with Gasteiger partial charge in [-0.3, -0.25) is 9.78 Å². The first-order valence-electron chi connectivity index (χ1n) is 9.70. The lowest BCUT2D eigenvalue weighted by Crippen LogP contribution is -2.21. The number of carbonyl (C=O) groups excluding carboxylic acids is 1. The van der Waals surface area contributed by atoms with E-state index in [0.717, 1.165) is 0 Å². The zero-order chi connectivity index (χ0) is 22.8. The van der Waals surface area contributed by atoms with E-state index in [-0.39, 0.29) is 17.1 Å². The van der Waals surface area contributed by atoms with E-state index in [2.05, 4.69) is 15.3 Å². The minimum absolute atomic E-state index is 0.197. The van der Waals surface area contributed by atoms with Crippen LogP contribution in [0.4, 0.5) is 10.2 Å². The van der Waals surface area contributed by atoms with Gasteiger partial charge in [0.05, 0.1) is 23.1 Å². The minimum Gasteiger partial charge on any atom is -0.406 e. The third-order valence-electron chi connectivity index (χ3n) is 4.73. The number of anilines is 1. The Morgan fingerprint density at radius 2 is 2.03 bits per heavy atom. The average molecular weight is 456 g/mol. The van der Waals surface area contributed by atoms with Crippen molar-refractivity contribution in [3.63, 3.8) is 0 Å². The van der Waals surface area contributed by atoms with Crippen LogP contribution in [0.2, 0.25) is 5.02 Å². The molecule has 4 aromatic rings. The number of pyridine rings is 2. The summed E-state index contributed by atoms with van der Waals surface area (Å²) >= 11 is 6.00. The van der Waals surface area contributed by atoms with E-state index in [0.29, 0.717) is 40.7 Å². The van der Waals surface area contributed by atoms with E-state index in [4.69, 9.17) is 16.0 Å². The van der Waals surface area contributed by atoms with Gasteiger partial charge in [0, 0.05) is 35.8 Å². The summed E-state index contributed by atoms with van der Waals surface area (Å²) in [4.78, 5) is 35.0. The van der Waals surface area contributed by atoms with Crippen molar-refractivity contribution in [3.05, 3.63) is 70.2 Å². The van der Waals surface area contributed by atoms with Crippen LogP contribution in [-0.2, 0) is 4.79 Å². The summed E-state index contributed by atoms with van der Waals surface area (Å²) in [6.45, 7) is 0.590. The quantitative estimate of drug-likeness (QED) is 0.476. The largest absolute Gasteiger partial charge is 0.424 e. The van der Waals surface area contributed by atoms with Crippen LogP contribution in [0.3, 0.4) is 0 Å². The molecule has 0 unspecified atom stereocenters. The lowest BCUT2D eigenvalue weighted by molar-refractivity contribution is -0.116. The molecule has 0 saturated carbocycles. The molecule has 0 atom stereocenters. The van der Waals surface area contributed by atoms with Crippen molar-refractivity contribution in [3.8, 4) is 16.9 Å². The summed E-state index contributed by atoms with van der Waals surface area (Å²) in [5, 5.41) is 3.08. The second kappa shape index (κ2) is 8.89. The smallest absolute Gasteiger partial charge is 0.406 e. The molecule has 0 saturated heterocycles. The molecule has 164 valence electrons. The maximum atomic E-state index is 14.3. The van der Waals surface area contributed by atoms with Crippen LogP contribution in [0.5, 0.6) is 0 Å². The van der Waals surface area contributed by atoms with Crippen molar-refractivity contribution < 1.29 is 13.6 Å². The number of carbonyl (C=O) groups is 1. The molecule has 3 heterocycles. The number of aromatic nitrogens is 3. The third kappa shape index (κ3) is 4.53. The van der Waals surface area contributed by atoms with Gasteiger partial charge in [-0.1, -0.05) is 11.6 Å². The van der Waals surface area contributed by atoms with E-state index in [9.17, 15) is 14.0 Å². The monoisotopic (exact) mass is 455 g/mol. The second-order valence-corrected chi connectivity index (χ2v) is 7.80. The first kappa shape index (κ1) is 21.7. The Morgan fingerprint density at radius 3 is 2.81 bits per heavy atom. The SMILES string of the molecule is CN(C)CCC(=O)Nc1cc(-n2c(=O)oc3cnc(-c4cc(Cl)ccc4F)cc32)ccn1. The molecule has 0 aliphatic rings. The van der Waals surface area contributed by atoms with E-state index in [1.807, 2.05) is 19.0 Å². The summed E-state index contributed by atoms with van der Waals surface area (Å²) in [5.41, 5.74) is 1.53. The molecule has 0 radical (unpaired) electrons. The van der Waals surface area contributed by atoms with Gasteiger partial charge in [-0.25, -0.2) is 18.7 Å². The summed E-state index contributed by atoms with van der Waals surface area (Å²) < 4.78 is 20.9. The Balaban J connectivity index is 1.73. The summed E-state index contributed by atoms with van der Waals surface area (Å²) in [6, 6.07) is 8.86. The van der Waals surface area contributed by atoms with Gasteiger partial charge in [0.25, 0.3) is 0 Å². The molecule has 32 heavy (non-hydrogen) atoms. The molecule has 0 fully saturated rings. The number of benzene rings is 1. The molecule has 4 rings (SSSR count). The molecular formula is C22H19ClFN5O3. The van der Waals surface area contributed by atoms with Gasteiger partial charge in [0.1, 0.15) is 11.6 Å². The molecule has 10 heteroatoms. The number of nitrogens with one attached hydrogen (secondary N) is 1. The fourth-order valence-electron chi connectivity index (χ4n) is 3.17. The highest BCUT2D eigenvalue weighted by Gasteiger charge is 2.16. The molecule has 0 aliphatic carbocycles. The van der Waals surface area contributed by atoms with Crippen LogP contribution >= 0.6 is 11.6 Å². The van der Waals surface area contributed by atoms with Gasteiger partial charge >= 0.3 is 5.76 Å². The molecule has 1 aromatic carbocycles. The highest BCUT2D eigenvalue weighted by Crippen LogP contribution is 2.28. The third-order valence-corrected chi connectivity index (χ3v) is 4.96. The zero-order valence-corrected chi connectivity index (χ0v) is 18.1. The van der Waals surface area contributed by atoms with Gasteiger partial charge in [0.15, 0.2) is 5.58 Å². The summed E-state index contributed by atoms with van der Waals surface area (Å²) in [5.74, 6) is -1.05. The molecule has 1 amide bonds. The van der Waals surface area contributed by atoms with Crippen LogP contribution < -0.4 is 11.1 Å². The van der Waals surface area contributed by atoms with E-state index in [1.165, 1.54) is 35.2 Å². The fraction of sp³-hybridized carbons (Fsp3) is 0.182. The fourth-order valence-corrected chi connectivity index (χ4v) is 3.34. The Bertz CT molecular complexity index is 1370. The molecular weight excluding hydrogens is 437 g/mol. The van der Waals surface area contributed by atoms with Gasteiger partial charge < -0.3 is 14.6 Å². The van der Waals surface area contributed by atoms with Crippen LogP contribution in [0.1, 0.15) is 6.42 Å². The highest BCUT2D eigenvalue weighted by molar-refractivity contribution is 6.30. The minimum atomic E-state index is -0.651. The van der Waals surface area contributed by atoms with Crippen molar-refractivity contribution in [1.82, 2.24) is 19.4 Å². The number of hydrogen-bond acceptors (Lipinski definition) is 6. The van der Waals surface area contributed by atoms with Gasteiger partial charge in [-0.15, -0.1) is 0 Å². The van der Waals surface area contributed by atoms with Crippen molar-refractivity contribution in [2.24, 2.45) is 0 Å². The normalized spacial score (nSPS) is 11.3. The van der Waals surface area contributed by atoms with Crippen molar-refractivity contribution in [1.29, 1.82) is 0 Å². The average Bonchev–Trinajstić information content (AvgIpc) is 3.09. The number of oxazole rings is 1. The van der Waals surface area contributed by atoms with Crippen LogP contribution in [-0.4, -0.2) is 46.0 Å². The first-order chi connectivity index (χ1) is 15.3. The lowest BCUT2D eigenvalue weighted by atomic mass is 10.1. The highest BCUT2D eigenvalue weighted by atomic mass is 35.5.